The monoisotopic (exact) mass is 859 g/mol. The zero-order valence-corrected chi connectivity index (χ0v) is 37.1. The fourth-order valence-electron chi connectivity index (χ4n) is 9.44. The summed E-state index contributed by atoms with van der Waals surface area (Å²) in [6, 6.07) is 25.8. The summed E-state index contributed by atoms with van der Waals surface area (Å²) in [6.07, 6.45) is 11.2. The first-order valence-corrected chi connectivity index (χ1v) is 23.6. The number of rotatable bonds is 20. The number of carbonyl (C=O) groups excluding carboxylic acids is 6. The number of amides is 6. The molecule has 0 aromatic heterocycles. The molecule has 12 heteroatoms. The van der Waals surface area contributed by atoms with Gasteiger partial charge in [-0.2, -0.15) is 0 Å². The van der Waals surface area contributed by atoms with Gasteiger partial charge in [0.25, 0.3) is 11.8 Å². The molecule has 7 atom stereocenters. The minimum absolute atomic E-state index is 0.0201. The van der Waals surface area contributed by atoms with Crippen LogP contribution in [0.25, 0.3) is 0 Å². The molecule has 0 spiro atoms. The number of unbranched alkanes of at least 4 members (excludes halogenated alkanes) is 7. The standard InChI is InChI=1S/C51H66N6O6/c1-3-5-7-9-16-22-46(58)57-29-28-55(34-45(57)49(61)52-27-17-8-6-4-2)50(62)37-23-25-38(26-24-37)51(63)56-32-41(47(59)53-43-30-39(43)35-18-12-10-13-19-35)42(33-56)48(60)54-44-31-40(44)36-20-14-11-15-21-36/h10-15,18-21,23-26,39-45H,3-9,16-17,22,27-34H2,1-2H3,(H,52,61)(H,53,59)(H,54,60)/t39-,40-,41-,42-,43+,44+,45-/m1/s1. The van der Waals surface area contributed by atoms with Crippen LogP contribution in [0.2, 0.25) is 0 Å². The quantitative estimate of drug-likeness (QED) is 0.112. The number of nitrogens with one attached hydrogen (secondary N) is 3. The van der Waals surface area contributed by atoms with E-state index >= 15 is 0 Å². The zero-order chi connectivity index (χ0) is 44.3. The molecule has 3 N–H and O–H groups in total. The molecule has 7 rings (SSSR count). The Bertz CT molecular complexity index is 1970. The van der Waals surface area contributed by atoms with Gasteiger partial charge in [-0.25, -0.2) is 0 Å². The lowest BCUT2D eigenvalue weighted by Gasteiger charge is -2.40. The number of piperazine rings is 1. The molecule has 3 aromatic rings. The largest absolute Gasteiger partial charge is 0.354 e. The Hall–Kier alpha value is -5.52. The summed E-state index contributed by atoms with van der Waals surface area (Å²) in [5.74, 6) is -2.31. The van der Waals surface area contributed by atoms with Crippen LogP contribution in [-0.4, -0.2) is 108 Å². The lowest BCUT2D eigenvalue weighted by molar-refractivity contribution is -0.143. The molecule has 4 aliphatic rings. The number of hydrogen-bond donors (Lipinski definition) is 3. The van der Waals surface area contributed by atoms with Crippen molar-refractivity contribution >= 4 is 35.4 Å². The highest BCUT2D eigenvalue weighted by molar-refractivity contribution is 6.00. The Labute approximate surface area is 372 Å². The van der Waals surface area contributed by atoms with Gasteiger partial charge < -0.3 is 30.7 Å². The van der Waals surface area contributed by atoms with Gasteiger partial charge in [0.05, 0.1) is 18.4 Å². The highest BCUT2D eigenvalue weighted by Gasteiger charge is 2.49. The van der Waals surface area contributed by atoms with E-state index in [4.69, 9.17) is 0 Å². The third-order valence-electron chi connectivity index (χ3n) is 13.5. The smallest absolute Gasteiger partial charge is 0.253 e. The molecule has 4 fully saturated rings. The first-order valence-electron chi connectivity index (χ1n) is 23.6. The van der Waals surface area contributed by atoms with Crippen LogP contribution in [0.3, 0.4) is 0 Å². The summed E-state index contributed by atoms with van der Waals surface area (Å²) < 4.78 is 0. The number of nitrogens with zero attached hydrogens (tertiary/aromatic N) is 3. The van der Waals surface area contributed by atoms with E-state index in [-0.39, 0.29) is 85.5 Å². The summed E-state index contributed by atoms with van der Waals surface area (Å²) in [6.45, 7) is 5.66. The van der Waals surface area contributed by atoms with Crippen LogP contribution in [0.1, 0.15) is 135 Å². The van der Waals surface area contributed by atoms with Crippen molar-refractivity contribution < 1.29 is 28.8 Å². The molecule has 2 heterocycles. The predicted molar refractivity (Wildman–Crippen MR) is 243 cm³/mol. The summed E-state index contributed by atoms with van der Waals surface area (Å²) in [5.41, 5.74) is 3.05. The lowest BCUT2D eigenvalue weighted by Crippen LogP contribution is -2.61. The van der Waals surface area contributed by atoms with Crippen molar-refractivity contribution in [2.24, 2.45) is 11.8 Å². The number of benzene rings is 3. The molecule has 336 valence electrons. The first kappa shape index (κ1) is 45.5. The van der Waals surface area contributed by atoms with Crippen molar-refractivity contribution in [1.82, 2.24) is 30.7 Å². The molecule has 63 heavy (non-hydrogen) atoms. The third-order valence-corrected chi connectivity index (χ3v) is 13.5. The van der Waals surface area contributed by atoms with E-state index in [0.717, 1.165) is 70.6 Å². The van der Waals surface area contributed by atoms with Crippen molar-refractivity contribution in [3.05, 3.63) is 107 Å². The second-order valence-corrected chi connectivity index (χ2v) is 18.1. The lowest BCUT2D eigenvalue weighted by atomic mass is 9.94. The SMILES string of the molecule is CCCCCCCC(=O)N1CCN(C(=O)c2ccc(C(=O)N3C[C@@H](C(=O)N[C@H]4C[C@@H]4c4ccccc4)[C@H](C(=O)N[C@H]4C[C@@H]4c4ccccc4)C3)cc2)C[C@@H]1C(=O)NCCCCCC. The Balaban J connectivity index is 0.988. The summed E-state index contributed by atoms with van der Waals surface area (Å²) in [7, 11) is 0. The van der Waals surface area contributed by atoms with Crippen LogP contribution in [0.15, 0.2) is 84.9 Å². The number of hydrogen-bond acceptors (Lipinski definition) is 6. The van der Waals surface area contributed by atoms with Gasteiger partial charge in [0.2, 0.25) is 23.6 Å². The molecular formula is C51H66N6O6. The van der Waals surface area contributed by atoms with Gasteiger partial charge >= 0.3 is 0 Å². The van der Waals surface area contributed by atoms with Crippen LogP contribution >= 0.6 is 0 Å². The van der Waals surface area contributed by atoms with Crippen LogP contribution < -0.4 is 16.0 Å². The minimum Gasteiger partial charge on any atom is -0.354 e. The zero-order valence-electron chi connectivity index (χ0n) is 37.1. The summed E-state index contributed by atoms with van der Waals surface area (Å²) in [4.78, 5) is 87.7. The van der Waals surface area contributed by atoms with E-state index in [1.807, 2.05) is 36.4 Å². The molecule has 3 aromatic carbocycles. The molecule has 2 saturated carbocycles. The average Bonchev–Trinajstić information content (AvgIpc) is 4.23. The van der Waals surface area contributed by atoms with E-state index in [9.17, 15) is 28.8 Å². The molecule has 6 amide bonds. The molecule has 0 bridgehead atoms. The fraction of sp³-hybridized carbons (Fsp3) is 0.529. The van der Waals surface area contributed by atoms with Crippen molar-refractivity contribution in [3.8, 4) is 0 Å². The molecular weight excluding hydrogens is 793 g/mol. The van der Waals surface area contributed by atoms with Gasteiger partial charge in [-0.3, -0.25) is 28.8 Å². The van der Waals surface area contributed by atoms with Crippen molar-refractivity contribution in [2.45, 2.75) is 121 Å². The molecule has 2 saturated heterocycles. The number of carbonyl (C=O) groups is 6. The molecule has 2 aliphatic heterocycles. The molecule has 0 radical (unpaired) electrons. The third kappa shape index (κ3) is 11.7. The maximum atomic E-state index is 14.1. The van der Waals surface area contributed by atoms with Crippen molar-refractivity contribution in [3.63, 3.8) is 0 Å². The Morgan fingerprint density at radius 2 is 1.03 bits per heavy atom. The van der Waals surface area contributed by atoms with Gasteiger partial charge in [-0.15, -0.1) is 0 Å². The molecule has 2 aliphatic carbocycles. The second kappa shape index (κ2) is 21.7. The molecule has 12 nitrogen and oxygen atoms in total. The van der Waals surface area contributed by atoms with E-state index in [0.29, 0.717) is 30.6 Å². The van der Waals surface area contributed by atoms with Gasteiger partial charge in [0, 0.05) is 74.2 Å². The summed E-state index contributed by atoms with van der Waals surface area (Å²) >= 11 is 0. The van der Waals surface area contributed by atoms with E-state index in [1.54, 1.807) is 39.0 Å². The fourth-order valence-corrected chi connectivity index (χ4v) is 9.44. The molecule has 0 unspecified atom stereocenters. The van der Waals surface area contributed by atoms with Crippen LogP contribution in [0, 0.1) is 11.8 Å². The van der Waals surface area contributed by atoms with E-state index < -0.39 is 17.9 Å². The van der Waals surface area contributed by atoms with Crippen molar-refractivity contribution in [2.75, 3.05) is 39.3 Å². The second-order valence-electron chi connectivity index (χ2n) is 18.1. The van der Waals surface area contributed by atoms with E-state index in [2.05, 4.69) is 54.1 Å². The average molecular weight is 859 g/mol. The van der Waals surface area contributed by atoms with E-state index in [1.165, 1.54) is 11.1 Å². The first-order chi connectivity index (χ1) is 30.7. The van der Waals surface area contributed by atoms with Crippen molar-refractivity contribution in [1.29, 1.82) is 0 Å². The Kier molecular flexibility index (Phi) is 15.7. The van der Waals surface area contributed by atoms with Crippen LogP contribution in [-0.2, 0) is 19.2 Å². The Morgan fingerprint density at radius 1 is 0.540 bits per heavy atom. The highest BCUT2D eigenvalue weighted by Crippen LogP contribution is 2.42. The highest BCUT2D eigenvalue weighted by atomic mass is 16.2. The summed E-state index contributed by atoms with van der Waals surface area (Å²) in [5, 5.41) is 9.40. The predicted octanol–water partition coefficient (Wildman–Crippen LogP) is 6.43. The van der Waals surface area contributed by atoms with Gasteiger partial charge in [-0.05, 0) is 61.1 Å². The van der Waals surface area contributed by atoms with Crippen LogP contribution in [0.5, 0.6) is 0 Å². The maximum absolute atomic E-state index is 14.1. The topological polar surface area (TPSA) is 148 Å². The minimum atomic E-state index is -0.781. The van der Waals surface area contributed by atoms with Gasteiger partial charge in [0.1, 0.15) is 6.04 Å². The van der Waals surface area contributed by atoms with Gasteiger partial charge in [0.15, 0.2) is 0 Å². The normalized spacial score (nSPS) is 23.8. The van der Waals surface area contributed by atoms with Crippen LogP contribution in [0.4, 0.5) is 0 Å². The van der Waals surface area contributed by atoms with Gasteiger partial charge in [-0.1, -0.05) is 119 Å². The number of likely N-dealkylation sites (tertiary alicyclic amines) is 1. The maximum Gasteiger partial charge on any atom is 0.253 e. The Morgan fingerprint density at radius 3 is 1.56 bits per heavy atom.